The molecule has 0 fully saturated rings. The Kier molecular flexibility index (Phi) is 3.03. The van der Waals surface area contributed by atoms with E-state index >= 15 is 0 Å². The third-order valence-corrected chi connectivity index (χ3v) is 5.54. The maximum atomic E-state index is 13.6. The molecule has 0 aliphatic carbocycles. The summed E-state index contributed by atoms with van der Waals surface area (Å²) >= 11 is 0. The van der Waals surface area contributed by atoms with E-state index in [1.165, 1.54) is 0 Å². The first-order valence-electron chi connectivity index (χ1n) is 9.35. The predicted molar refractivity (Wildman–Crippen MR) is 115 cm³/mol. The molecule has 0 unspecified atom stereocenters. The number of benzene rings is 4. The van der Waals surface area contributed by atoms with Crippen LogP contribution in [0.2, 0.25) is 0 Å². The fraction of sp³-hybridized carbons (Fsp3) is 0. The molecule has 0 spiro atoms. The second-order valence-electron chi connectivity index (χ2n) is 7.11. The van der Waals surface area contributed by atoms with E-state index in [1.54, 1.807) is 0 Å². The molecule has 6 aromatic rings. The molecule has 3 heteroatoms. The Bertz CT molecular complexity index is 1480. The third kappa shape index (κ3) is 2.01. The molecule has 1 N–H and O–H groups in total. The van der Waals surface area contributed by atoms with Gasteiger partial charge >= 0.3 is 0 Å². The van der Waals surface area contributed by atoms with Crippen LogP contribution in [-0.2, 0) is 0 Å². The van der Waals surface area contributed by atoms with Gasteiger partial charge in [-0.05, 0) is 36.4 Å². The Morgan fingerprint density at radius 1 is 0.607 bits per heavy atom. The van der Waals surface area contributed by atoms with Gasteiger partial charge in [0, 0.05) is 38.1 Å². The molecule has 0 aliphatic heterocycles. The van der Waals surface area contributed by atoms with Gasteiger partial charge < -0.3 is 4.98 Å². The van der Waals surface area contributed by atoms with E-state index in [0.717, 1.165) is 43.6 Å². The summed E-state index contributed by atoms with van der Waals surface area (Å²) in [6.07, 6.45) is 0. The lowest BCUT2D eigenvalue weighted by Crippen LogP contribution is -2.11. The molecule has 28 heavy (non-hydrogen) atoms. The van der Waals surface area contributed by atoms with Crippen LogP contribution < -0.4 is 0 Å². The number of hydrogen-bond acceptors (Lipinski definition) is 1. The minimum atomic E-state index is -0.00965. The largest absolute Gasteiger partial charge is 0.355 e. The lowest BCUT2D eigenvalue weighted by molar-refractivity contribution is 0.0969. The minimum Gasteiger partial charge on any atom is -0.355 e. The van der Waals surface area contributed by atoms with Crippen LogP contribution in [0, 0.1) is 0 Å². The van der Waals surface area contributed by atoms with Gasteiger partial charge in [-0.15, -0.1) is 0 Å². The summed E-state index contributed by atoms with van der Waals surface area (Å²) < 4.78 is 1.83. The molecule has 0 saturated heterocycles. The van der Waals surface area contributed by atoms with Gasteiger partial charge in [0.15, 0.2) is 0 Å². The number of carbonyl (C=O) groups is 1. The normalized spacial score (nSPS) is 11.7. The van der Waals surface area contributed by atoms with Crippen LogP contribution >= 0.6 is 0 Å². The van der Waals surface area contributed by atoms with Gasteiger partial charge in [0.2, 0.25) is 0 Å². The number of nitrogens with one attached hydrogen (secondary N) is 1. The number of carbonyl (C=O) groups excluding carboxylic acids is 1. The quantitative estimate of drug-likeness (QED) is 0.377. The Labute approximate surface area is 160 Å². The van der Waals surface area contributed by atoms with Crippen molar-refractivity contribution in [3.8, 4) is 0 Å². The average Bonchev–Trinajstić information content (AvgIpc) is 3.28. The number of rotatable bonds is 1. The highest BCUT2D eigenvalue weighted by Crippen LogP contribution is 2.31. The van der Waals surface area contributed by atoms with E-state index in [2.05, 4.69) is 29.2 Å². The first kappa shape index (κ1) is 15.2. The molecule has 4 aromatic carbocycles. The topological polar surface area (TPSA) is 37.8 Å². The number of nitrogens with zero attached hydrogens (tertiary/aromatic N) is 1. The van der Waals surface area contributed by atoms with Crippen molar-refractivity contribution in [1.29, 1.82) is 0 Å². The van der Waals surface area contributed by atoms with E-state index in [1.807, 2.05) is 71.3 Å². The van der Waals surface area contributed by atoms with E-state index in [0.29, 0.717) is 5.56 Å². The highest BCUT2D eigenvalue weighted by molar-refractivity contribution is 6.17. The molecule has 6 rings (SSSR count). The fourth-order valence-corrected chi connectivity index (χ4v) is 4.25. The maximum Gasteiger partial charge on any atom is 0.262 e. The summed E-state index contributed by atoms with van der Waals surface area (Å²) in [4.78, 5) is 17.0. The number of H-pyrrole nitrogens is 1. The van der Waals surface area contributed by atoms with E-state index in [-0.39, 0.29) is 5.91 Å². The van der Waals surface area contributed by atoms with E-state index in [4.69, 9.17) is 0 Å². The predicted octanol–water partition coefficient (Wildman–Crippen LogP) is 6.12. The van der Waals surface area contributed by atoms with Gasteiger partial charge in [-0.3, -0.25) is 9.36 Å². The van der Waals surface area contributed by atoms with E-state index in [9.17, 15) is 4.79 Å². The van der Waals surface area contributed by atoms with Gasteiger partial charge in [-0.2, -0.15) is 0 Å². The molecule has 2 heterocycles. The summed E-state index contributed by atoms with van der Waals surface area (Å²) in [5, 5.41) is 4.40. The van der Waals surface area contributed by atoms with E-state index < -0.39 is 0 Å². The highest BCUT2D eigenvalue weighted by atomic mass is 16.2. The summed E-state index contributed by atoms with van der Waals surface area (Å²) in [5.41, 5.74) is 4.68. The van der Waals surface area contributed by atoms with Gasteiger partial charge in [-0.1, -0.05) is 54.6 Å². The van der Waals surface area contributed by atoms with Crippen LogP contribution in [-0.4, -0.2) is 15.5 Å². The molecule has 0 saturated carbocycles. The molecule has 0 aliphatic rings. The first-order valence-corrected chi connectivity index (χ1v) is 9.35. The second-order valence-corrected chi connectivity index (χ2v) is 7.11. The second kappa shape index (κ2) is 5.57. The van der Waals surface area contributed by atoms with Crippen LogP contribution in [0.5, 0.6) is 0 Å². The van der Waals surface area contributed by atoms with Gasteiger partial charge in [-0.25, -0.2) is 0 Å². The van der Waals surface area contributed by atoms with Gasteiger partial charge in [0.1, 0.15) is 0 Å². The molecule has 0 atom stereocenters. The summed E-state index contributed by atoms with van der Waals surface area (Å²) in [6, 6.07) is 30.3. The molecular weight excluding hydrogens is 344 g/mol. The zero-order chi connectivity index (χ0) is 18.7. The van der Waals surface area contributed by atoms with Crippen molar-refractivity contribution in [3.05, 3.63) is 96.6 Å². The van der Waals surface area contributed by atoms with Crippen molar-refractivity contribution in [1.82, 2.24) is 9.55 Å². The van der Waals surface area contributed by atoms with Crippen LogP contribution in [0.1, 0.15) is 10.4 Å². The SMILES string of the molecule is O=C(c1ccc2[nH]c3ccccc3c2c1)n1c2ccccc2c2ccccc21. The summed E-state index contributed by atoms with van der Waals surface area (Å²) in [7, 11) is 0. The molecule has 3 nitrogen and oxygen atoms in total. The fourth-order valence-electron chi connectivity index (χ4n) is 4.25. The van der Waals surface area contributed by atoms with Gasteiger partial charge in [0.25, 0.3) is 5.91 Å². The van der Waals surface area contributed by atoms with Crippen LogP contribution in [0.25, 0.3) is 43.6 Å². The molecule has 0 amide bonds. The number of fused-ring (bicyclic) bond motifs is 6. The van der Waals surface area contributed by atoms with Crippen molar-refractivity contribution in [2.75, 3.05) is 0 Å². The Morgan fingerprint density at radius 2 is 1.18 bits per heavy atom. The lowest BCUT2D eigenvalue weighted by Gasteiger charge is -2.07. The van der Waals surface area contributed by atoms with Crippen LogP contribution in [0.15, 0.2) is 91.0 Å². The smallest absolute Gasteiger partial charge is 0.262 e. The van der Waals surface area contributed by atoms with Crippen molar-refractivity contribution in [2.45, 2.75) is 0 Å². The van der Waals surface area contributed by atoms with Crippen LogP contribution in [0.4, 0.5) is 0 Å². The molecule has 0 bridgehead atoms. The first-order chi connectivity index (χ1) is 13.8. The van der Waals surface area contributed by atoms with Crippen molar-refractivity contribution < 1.29 is 4.79 Å². The average molecular weight is 360 g/mol. The molecule has 0 radical (unpaired) electrons. The monoisotopic (exact) mass is 360 g/mol. The number of aromatic nitrogens is 2. The Balaban J connectivity index is 1.63. The standard InChI is InChI=1S/C25H16N2O/c28-25(16-13-14-22-20(15-16)17-7-1-4-10-21(17)26-22)27-23-11-5-2-8-18(23)19-9-3-6-12-24(19)27/h1-15,26H. The van der Waals surface area contributed by atoms with Crippen LogP contribution in [0.3, 0.4) is 0 Å². The zero-order valence-electron chi connectivity index (χ0n) is 15.0. The number of para-hydroxylation sites is 3. The lowest BCUT2D eigenvalue weighted by atomic mass is 10.1. The molecular formula is C25H16N2O. The number of aromatic amines is 1. The summed E-state index contributed by atoms with van der Waals surface area (Å²) in [5.74, 6) is -0.00965. The third-order valence-electron chi connectivity index (χ3n) is 5.54. The zero-order valence-corrected chi connectivity index (χ0v) is 15.0. The minimum absolute atomic E-state index is 0.00965. The Hall–Kier alpha value is -3.85. The molecule has 2 aromatic heterocycles. The van der Waals surface area contributed by atoms with Gasteiger partial charge in [0.05, 0.1) is 11.0 Å². The summed E-state index contributed by atoms with van der Waals surface area (Å²) in [6.45, 7) is 0. The van der Waals surface area contributed by atoms with Crippen molar-refractivity contribution in [3.63, 3.8) is 0 Å². The molecule has 132 valence electrons. The van der Waals surface area contributed by atoms with Crippen molar-refractivity contribution >= 4 is 49.5 Å². The highest BCUT2D eigenvalue weighted by Gasteiger charge is 2.17. The number of hydrogen-bond donors (Lipinski definition) is 1. The Morgan fingerprint density at radius 3 is 1.89 bits per heavy atom. The van der Waals surface area contributed by atoms with Crippen molar-refractivity contribution in [2.24, 2.45) is 0 Å². The maximum absolute atomic E-state index is 13.6.